The van der Waals surface area contributed by atoms with Gasteiger partial charge in [0.05, 0.1) is 6.54 Å². The third kappa shape index (κ3) is 3.30. The molecule has 1 heterocycles. The van der Waals surface area contributed by atoms with E-state index < -0.39 is 0 Å². The number of benzene rings is 1. The lowest BCUT2D eigenvalue weighted by molar-refractivity contribution is -0.131. The average Bonchev–Trinajstić information content (AvgIpc) is 2.59. The van der Waals surface area contributed by atoms with Crippen LogP contribution in [0.5, 0.6) is 0 Å². The molecule has 1 aromatic carbocycles. The van der Waals surface area contributed by atoms with E-state index in [9.17, 15) is 9.59 Å². The summed E-state index contributed by atoms with van der Waals surface area (Å²) in [7, 11) is 0. The van der Waals surface area contributed by atoms with E-state index in [2.05, 4.69) is 19.9 Å². The molecule has 120 valence electrons. The van der Waals surface area contributed by atoms with E-state index >= 15 is 0 Å². The van der Waals surface area contributed by atoms with Gasteiger partial charge in [0, 0.05) is 31.7 Å². The highest BCUT2D eigenvalue weighted by Gasteiger charge is 2.25. The van der Waals surface area contributed by atoms with Crippen molar-refractivity contribution in [3.63, 3.8) is 0 Å². The largest absolute Gasteiger partial charge is 0.338 e. The van der Waals surface area contributed by atoms with Crippen molar-refractivity contribution in [2.45, 2.75) is 26.7 Å². The summed E-state index contributed by atoms with van der Waals surface area (Å²) in [5, 5.41) is 0. The highest BCUT2D eigenvalue weighted by Crippen LogP contribution is 2.19. The van der Waals surface area contributed by atoms with E-state index in [0.29, 0.717) is 26.2 Å². The third-order valence-electron chi connectivity index (χ3n) is 4.33. The van der Waals surface area contributed by atoms with Crippen LogP contribution in [0.25, 0.3) is 0 Å². The van der Waals surface area contributed by atoms with Crippen molar-refractivity contribution in [3.05, 3.63) is 34.9 Å². The molecule has 0 atom stereocenters. The molecule has 0 aromatic heterocycles. The molecule has 1 aromatic rings. The van der Waals surface area contributed by atoms with Crippen molar-refractivity contribution in [3.8, 4) is 0 Å². The van der Waals surface area contributed by atoms with Gasteiger partial charge in [0.2, 0.25) is 5.91 Å². The standard InChI is InChI=1S/C17H25N3O2/c1-3-13-6-5-7-15(14(13)4-2)17(22)20-10-8-19(9-11-20)16(21)12-18/h5-7H,3-4,8-12,18H2,1-2H3. The second-order valence-electron chi connectivity index (χ2n) is 5.53. The van der Waals surface area contributed by atoms with Crippen molar-refractivity contribution in [1.29, 1.82) is 0 Å². The van der Waals surface area contributed by atoms with Gasteiger partial charge in [-0.05, 0) is 30.0 Å². The third-order valence-corrected chi connectivity index (χ3v) is 4.33. The highest BCUT2D eigenvalue weighted by atomic mass is 16.2. The normalized spacial score (nSPS) is 15.0. The van der Waals surface area contributed by atoms with Crippen LogP contribution in [0.3, 0.4) is 0 Å². The fraction of sp³-hybridized carbons (Fsp3) is 0.529. The summed E-state index contributed by atoms with van der Waals surface area (Å²) in [5.41, 5.74) is 8.58. The van der Waals surface area contributed by atoms with Crippen LogP contribution in [0.15, 0.2) is 18.2 Å². The minimum atomic E-state index is -0.0469. The average molecular weight is 303 g/mol. The number of rotatable bonds is 4. The van der Waals surface area contributed by atoms with Crippen molar-refractivity contribution in [2.75, 3.05) is 32.7 Å². The number of carbonyl (C=O) groups is 2. The van der Waals surface area contributed by atoms with Crippen LogP contribution in [0.2, 0.25) is 0 Å². The number of hydrogen-bond donors (Lipinski definition) is 1. The van der Waals surface area contributed by atoms with E-state index in [0.717, 1.165) is 24.0 Å². The maximum atomic E-state index is 12.8. The number of aryl methyl sites for hydroxylation is 1. The summed E-state index contributed by atoms with van der Waals surface area (Å²) in [4.78, 5) is 28.0. The van der Waals surface area contributed by atoms with Gasteiger partial charge in [-0.15, -0.1) is 0 Å². The van der Waals surface area contributed by atoms with Crippen molar-refractivity contribution < 1.29 is 9.59 Å². The Balaban J connectivity index is 2.12. The molecule has 1 aliphatic rings. The van der Waals surface area contributed by atoms with Crippen LogP contribution < -0.4 is 5.73 Å². The first-order chi connectivity index (χ1) is 10.6. The molecular formula is C17H25N3O2. The summed E-state index contributed by atoms with van der Waals surface area (Å²) < 4.78 is 0. The van der Waals surface area contributed by atoms with Gasteiger partial charge in [-0.25, -0.2) is 0 Å². The molecule has 5 nitrogen and oxygen atoms in total. The lowest BCUT2D eigenvalue weighted by Crippen LogP contribution is -2.52. The predicted octanol–water partition coefficient (Wildman–Crippen LogP) is 1.05. The van der Waals surface area contributed by atoms with Crippen LogP contribution in [-0.4, -0.2) is 54.3 Å². The molecule has 22 heavy (non-hydrogen) atoms. The van der Waals surface area contributed by atoms with E-state index in [4.69, 9.17) is 5.73 Å². The minimum absolute atomic E-state index is 0.0342. The Kier molecular flexibility index (Phi) is 5.55. The fourth-order valence-electron chi connectivity index (χ4n) is 3.04. The van der Waals surface area contributed by atoms with E-state index in [-0.39, 0.29) is 18.4 Å². The molecule has 0 aliphatic carbocycles. The number of amides is 2. The summed E-state index contributed by atoms with van der Waals surface area (Å²) in [6, 6.07) is 5.96. The van der Waals surface area contributed by atoms with E-state index in [1.807, 2.05) is 17.0 Å². The van der Waals surface area contributed by atoms with Gasteiger partial charge in [-0.2, -0.15) is 0 Å². The molecule has 2 N–H and O–H groups in total. The van der Waals surface area contributed by atoms with Crippen LogP contribution in [0.1, 0.15) is 35.3 Å². The quantitative estimate of drug-likeness (QED) is 0.904. The molecule has 2 amide bonds. The molecule has 0 saturated carbocycles. The van der Waals surface area contributed by atoms with Gasteiger partial charge < -0.3 is 15.5 Å². The molecule has 0 bridgehead atoms. The van der Waals surface area contributed by atoms with Gasteiger partial charge in [0.1, 0.15) is 0 Å². The first kappa shape index (κ1) is 16.5. The van der Waals surface area contributed by atoms with Gasteiger partial charge in [-0.3, -0.25) is 9.59 Å². The van der Waals surface area contributed by atoms with Crippen molar-refractivity contribution in [2.24, 2.45) is 5.73 Å². The lowest BCUT2D eigenvalue weighted by Gasteiger charge is -2.35. The number of nitrogens with two attached hydrogens (primary N) is 1. The van der Waals surface area contributed by atoms with Crippen LogP contribution >= 0.6 is 0 Å². The number of hydrogen-bond acceptors (Lipinski definition) is 3. The maximum Gasteiger partial charge on any atom is 0.254 e. The Morgan fingerprint density at radius 2 is 1.68 bits per heavy atom. The molecule has 0 spiro atoms. The SMILES string of the molecule is CCc1cccc(C(=O)N2CCN(C(=O)CN)CC2)c1CC. The fourth-order valence-corrected chi connectivity index (χ4v) is 3.04. The molecule has 5 heteroatoms. The second-order valence-corrected chi connectivity index (χ2v) is 5.53. The number of piperazine rings is 1. The summed E-state index contributed by atoms with van der Waals surface area (Å²) in [6.07, 6.45) is 1.79. The smallest absolute Gasteiger partial charge is 0.254 e. The van der Waals surface area contributed by atoms with Gasteiger partial charge in [-0.1, -0.05) is 26.0 Å². The Morgan fingerprint density at radius 1 is 1.05 bits per heavy atom. The van der Waals surface area contributed by atoms with Gasteiger partial charge in [0.15, 0.2) is 0 Å². The lowest BCUT2D eigenvalue weighted by atomic mass is 9.96. The Labute approximate surface area is 132 Å². The monoisotopic (exact) mass is 303 g/mol. The predicted molar refractivity (Wildman–Crippen MR) is 86.7 cm³/mol. The summed E-state index contributed by atoms with van der Waals surface area (Å²) in [5.74, 6) is 0.0290. The topological polar surface area (TPSA) is 66.6 Å². The van der Waals surface area contributed by atoms with E-state index in [1.54, 1.807) is 4.90 Å². The first-order valence-electron chi connectivity index (χ1n) is 8.00. The van der Waals surface area contributed by atoms with E-state index in [1.165, 1.54) is 5.56 Å². The first-order valence-corrected chi connectivity index (χ1v) is 8.00. The molecule has 1 aliphatic heterocycles. The number of carbonyl (C=O) groups excluding carboxylic acids is 2. The zero-order valence-electron chi connectivity index (χ0n) is 13.5. The maximum absolute atomic E-state index is 12.8. The molecule has 1 fully saturated rings. The zero-order valence-corrected chi connectivity index (χ0v) is 13.5. The Bertz CT molecular complexity index is 549. The molecular weight excluding hydrogens is 278 g/mol. The zero-order chi connectivity index (χ0) is 16.1. The summed E-state index contributed by atoms with van der Waals surface area (Å²) in [6.45, 7) is 6.51. The number of nitrogens with zero attached hydrogens (tertiary/aromatic N) is 2. The van der Waals surface area contributed by atoms with Crippen molar-refractivity contribution >= 4 is 11.8 Å². The second kappa shape index (κ2) is 7.40. The van der Waals surface area contributed by atoms with Gasteiger partial charge >= 0.3 is 0 Å². The van der Waals surface area contributed by atoms with Crippen LogP contribution in [0, 0.1) is 0 Å². The summed E-state index contributed by atoms with van der Waals surface area (Å²) >= 11 is 0. The molecule has 2 rings (SSSR count). The Hall–Kier alpha value is -1.88. The van der Waals surface area contributed by atoms with Crippen LogP contribution in [-0.2, 0) is 17.6 Å². The van der Waals surface area contributed by atoms with Crippen LogP contribution in [0.4, 0.5) is 0 Å². The van der Waals surface area contributed by atoms with Gasteiger partial charge in [0.25, 0.3) is 5.91 Å². The highest BCUT2D eigenvalue weighted by molar-refractivity contribution is 5.96. The molecule has 0 radical (unpaired) electrons. The minimum Gasteiger partial charge on any atom is -0.338 e. The molecule has 1 saturated heterocycles. The molecule has 0 unspecified atom stereocenters. The van der Waals surface area contributed by atoms with Crippen molar-refractivity contribution in [1.82, 2.24) is 9.80 Å². The Morgan fingerprint density at radius 3 is 2.23 bits per heavy atom.